The van der Waals surface area contributed by atoms with Crippen molar-refractivity contribution in [2.24, 2.45) is 0 Å². The van der Waals surface area contributed by atoms with Gasteiger partial charge in [-0.05, 0) is 48.7 Å². The first kappa shape index (κ1) is 28.3. The van der Waals surface area contributed by atoms with Crippen LogP contribution < -0.4 is 19.7 Å². The molecule has 1 amide bonds. The van der Waals surface area contributed by atoms with E-state index in [1.807, 2.05) is 43.3 Å². The van der Waals surface area contributed by atoms with Crippen molar-refractivity contribution in [2.75, 3.05) is 39.3 Å². The lowest BCUT2D eigenvalue weighted by Crippen LogP contribution is -2.24. The minimum absolute atomic E-state index is 0.0567. The monoisotopic (exact) mass is 522 g/mol. The molecule has 1 aromatic heterocycles. The molecule has 0 fully saturated rings. The molecule has 2 aromatic carbocycles. The fourth-order valence-electron chi connectivity index (χ4n) is 3.72. The van der Waals surface area contributed by atoms with Crippen LogP contribution in [-0.4, -0.2) is 50.2 Å². The Hall–Kier alpha value is -3.26. The molecular weight excluding hydrogens is 484 g/mol. The normalized spacial score (nSPS) is 11.2. The van der Waals surface area contributed by atoms with Gasteiger partial charge in [0.1, 0.15) is 5.82 Å². The van der Waals surface area contributed by atoms with Crippen molar-refractivity contribution in [3.8, 4) is 11.5 Å². The number of rotatable bonds is 11. The van der Waals surface area contributed by atoms with E-state index in [1.165, 1.54) is 0 Å². The lowest BCUT2D eigenvalue weighted by molar-refractivity contribution is 0.0955. The van der Waals surface area contributed by atoms with Crippen LogP contribution in [0.25, 0.3) is 0 Å². The van der Waals surface area contributed by atoms with Gasteiger partial charge in [0, 0.05) is 42.9 Å². The van der Waals surface area contributed by atoms with Crippen molar-refractivity contribution in [1.82, 2.24) is 15.3 Å². The number of ether oxygens (including phenoxy) is 2. The molecule has 0 atom stereocenters. The molecular formula is C29H38N4O3S. The number of nitrogens with one attached hydrogen (secondary N) is 1. The summed E-state index contributed by atoms with van der Waals surface area (Å²) >= 11 is 1.58. The van der Waals surface area contributed by atoms with Gasteiger partial charge >= 0.3 is 0 Å². The second kappa shape index (κ2) is 12.8. The number of benzene rings is 2. The van der Waals surface area contributed by atoms with Crippen LogP contribution in [0.1, 0.15) is 54.9 Å². The minimum Gasteiger partial charge on any atom is -0.493 e. The first-order chi connectivity index (χ1) is 17.6. The molecule has 0 radical (unpaired) electrons. The topological polar surface area (TPSA) is 76.6 Å². The molecule has 0 unspecified atom stereocenters. The van der Waals surface area contributed by atoms with Crippen LogP contribution in [-0.2, 0) is 17.6 Å². The van der Waals surface area contributed by atoms with Crippen LogP contribution in [0, 0.1) is 0 Å². The van der Waals surface area contributed by atoms with Gasteiger partial charge in [-0.3, -0.25) is 4.79 Å². The maximum absolute atomic E-state index is 12.2. The van der Waals surface area contributed by atoms with Crippen LogP contribution in [0.5, 0.6) is 11.5 Å². The second-order valence-corrected chi connectivity index (χ2v) is 10.8. The molecule has 3 rings (SSSR count). The second-order valence-electron chi connectivity index (χ2n) is 9.85. The third-order valence-electron chi connectivity index (χ3n) is 5.93. The van der Waals surface area contributed by atoms with Gasteiger partial charge in [-0.25, -0.2) is 9.97 Å². The van der Waals surface area contributed by atoms with Gasteiger partial charge < -0.3 is 19.7 Å². The first-order valence-electron chi connectivity index (χ1n) is 12.5. The Morgan fingerprint density at radius 3 is 2.43 bits per heavy atom. The molecule has 0 spiro atoms. The Balaban J connectivity index is 1.76. The number of hydrogen-bond acceptors (Lipinski definition) is 7. The summed E-state index contributed by atoms with van der Waals surface area (Å²) in [6.45, 7) is 9.79. The fraction of sp³-hybridized carbons (Fsp3) is 0.414. The Kier molecular flexibility index (Phi) is 9.80. The molecule has 0 aliphatic heterocycles. The number of carbonyl (C=O) groups is 1. The SMILES string of the molecule is CCNC(=O)c1cccc(CSc2nc(N(C)CCc3ccc(OC)c(OC)c3)cc(C(C)(C)C)n2)c1. The molecule has 0 aliphatic rings. The average molecular weight is 523 g/mol. The summed E-state index contributed by atoms with van der Waals surface area (Å²) in [6.07, 6.45) is 0.834. The van der Waals surface area contributed by atoms with E-state index in [-0.39, 0.29) is 11.3 Å². The van der Waals surface area contributed by atoms with Crippen LogP contribution >= 0.6 is 11.8 Å². The molecule has 0 aliphatic carbocycles. The predicted octanol–water partition coefficient (Wildman–Crippen LogP) is 5.51. The van der Waals surface area contributed by atoms with E-state index in [2.05, 4.69) is 50.2 Å². The summed E-state index contributed by atoms with van der Waals surface area (Å²) in [5.74, 6) is 2.96. The fourth-order valence-corrected chi connectivity index (χ4v) is 4.51. The van der Waals surface area contributed by atoms with Crippen molar-refractivity contribution in [1.29, 1.82) is 0 Å². The highest BCUT2D eigenvalue weighted by molar-refractivity contribution is 7.98. The summed E-state index contributed by atoms with van der Waals surface area (Å²) in [7, 11) is 5.35. The number of amides is 1. The predicted molar refractivity (Wildman–Crippen MR) is 151 cm³/mol. The van der Waals surface area contributed by atoms with E-state index >= 15 is 0 Å². The van der Waals surface area contributed by atoms with Crippen LogP contribution in [0.2, 0.25) is 0 Å². The number of nitrogens with zero attached hydrogens (tertiary/aromatic N) is 3. The van der Waals surface area contributed by atoms with E-state index in [0.717, 1.165) is 52.3 Å². The highest BCUT2D eigenvalue weighted by atomic mass is 32.2. The first-order valence-corrected chi connectivity index (χ1v) is 13.4. The molecule has 37 heavy (non-hydrogen) atoms. The molecule has 0 saturated carbocycles. The third-order valence-corrected chi connectivity index (χ3v) is 6.85. The van der Waals surface area contributed by atoms with Crippen LogP contribution in [0.3, 0.4) is 0 Å². The quantitative estimate of drug-likeness (QED) is 0.263. The van der Waals surface area contributed by atoms with Gasteiger partial charge in [0.2, 0.25) is 0 Å². The number of likely N-dealkylation sites (N-methyl/N-ethyl adjacent to an activating group) is 1. The Morgan fingerprint density at radius 2 is 1.76 bits per heavy atom. The standard InChI is InChI=1S/C29H38N4O3S/c1-8-30-27(34)22-11-9-10-21(16-22)19-37-28-31-25(29(2,3)4)18-26(32-28)33(5)15-14-20-12-13-23(35-6)24(17-20)36-7/h9-13,16-18H,8,14-15,19H2,1-7H3,(H,30,34). The summed E-state index contributed by atoms with van der Waals surface area (Å²) in [4.78, 5) is 24.1. The molecule has 0 bridgehead atoms. The largest absolute Gasteiger partial charge is 0.493 e. The maximum atomic E-state index is 12.2. The Bertz CT molecular complexity index is 1210. The van der Waals surface area contributed by atoms with Gasteiger partial charge in [-0.15, -0.1) is 0 Å². The Morgan fingerprint density at radius 1 is 1.00 bits per heavy atom. The maximum Gasteiger partial charge on any atom is 0.251 e. The zero-order chi connectivity index (χ0) is 27.0. The Labute approximate surface area is 225 Å². The van der Waals surface area contributed by atoms with Gasteiger partial charge in [-0.1, -0.05) is 50.7 Å². The van der Waals surface area contributed by atoms with E-state index in [4.69, 9.17) is 19.4 Å². The van der Waals surface area contributed by atoms with E-state index in [1.54, 1.807) is 26.0 Å². The van der Waals surface area contributed by atoms with Gasteiger partial charge in [0.25, 0.3) is 5.91 Å². The van der Waals surface area contributed by atoms with Gasteiger partial charge in [0.15, 0.2) is 16.7 Å². The molecule has 198 valence electrons. The highest BCUT2D eigenvalue weighted by Gasteiger charge is 2.20. The summed E-state index contributed by atoms with van der Waals surface area (Å²) in [6, 6.07) is 15.8. The summed E-state index contributed by atoms with van der Waals surface area (Å²) in [5, 5.41) is 3.58. The molecule has 8 heteroatoms. The highest BCUT2D eigenvalue weighted by Crippen LogP contribution is 2.30. The number of carbonyl (C=O) groups excluding carboxylic acids is 1. The van der Waals surface area contributed by atoms with Gasteiger partial charge in [0.05, 0.1) is 19.9 Å². The minimum atomic E-state index is -0.116. The van der Waals surface area contributed by atoms with Crippen LogP contribution in [0.15, 0.2) is 53.7 Å². The summed E-state index contributed by atoms with van der Waals surface area (Å²) < 4.78 is 10.8. The number of thioether (sulfide) groups is 1. The molecule has 1 heterocycles. The van der Waals surface area contributed by atoms with Crippen molar-refractivity contribution in [3.63, 3.8) is 0 Å². The molecule has 3 aromatic rings. The number of anilines is 1. The zero-order valence-electron chi connectivity index (χ0n) is 22.9. The number of aromatic nitrogens is 2. The van der Waals surface area contributed by atoms with Crippen molar-refractivity contribution in [3.05, 3.63) is 70.9 Å². The molecule has 1 N–H and O–H groups in total. The van der Waals surface area contributed by atoms with Crippen molar-refractivity contribution in [2.45, 2.75) is 50.4 Å². The smallest absolute Gasteiger partial charge is 0.251 e. The summed E-state index contributed by atoms with van der Waals surface area (Å²) in [5.41, 5.74) is 3.77. The van der Waals surface area contributed by atoms with E-state index < -0.39 is 0 Å². The van der Waals surface area contributed by atoms with Crippen LogP contribution in [0.4, 0.5) is 5.82 Å². The van der Waals surface area contributed by atoms with E-state index in [9.17, 15) is 4.79 Å². The van der Waals surface area contributed by atoms with E-state index in [0.29, 0.717) is 17.9 Å². The number of hydrogen-bond donors (Lipinski definition) is 1. The van der Waals surface area contributed by atoms with Crippen molar-refractivity contribution >= 4 is 23.5 Å². The third kappa shape index (κ3) is 7.86. The number of methoxy groups -OCH3 is 2. The average Bonchev–Trinajstić information content (AvgIpc) is 2.90. The van der Waals surface area contributed by atoms with Gasteiger partial charge in [-0.2, -0.15) is 0 Å². The molecule has 0 saturated heterocycles. The lowest BCUT2D eigenvalue weighted by Gasteiger charge is -2.23. The van der Waals surface area contributed by atoms with Crippen molar-refractivity contribution < 1.29 is 14.3 Å². The molecule has 7 nitrogen and oxygen atoms in total. The lowest BCUT2D eigenvalue weighted by atomic mass is 9.92. The zero-order valence-corrected chi connectivity index (χ0v) is 23.7.